The number of likely N-dealkylation sites (tertiary alicyclic amines) is 1. The number of piperidine rings is 1. The van der Waals surface area contributed by atoms with E-state index < -0.39 is 0 Å². The average Bonchev–Trinajstić information content (AvgIpc) is 3.52. The lowest BCUT2D eigenvalue weighted by atomic mass is 9.98. The lowest BCUT2D eigenvalue weighted by molar-refractivity contribution is -0.127. The fraction of sp³-hybridized carbons (Fsp3) is 0.458. The maximum Gasteiger partial charge on any atom is 0.246 e. The van der Waals surface area contributed by atoms with E-state index in [4.69, 9.17) is 4.98 Å². The van der Waals surface area contributed by atoms with Crippen LogP contribution in [0.1, 0.15) is 53.4 Å². The lowest BCUT2D eigenvalue weighted by Gasteiger charge is -2.31. The van der Waals surface area contributed by atoms with Crippen LogP contribution in [0.25, 0.3) is 6.08 Å². The van der Waals surface area contributed by atoms with Crippen LogP contribution >= 0.6 is 11.3 Å². The molecular formula is C24H29N3O2S. The Morgan fingerprint density at radius 3 is 2.80 bits per heavy atom. The maximum absolute atomic E-state index is 12.7. The summed E-state index contributed by atoms with van der Waals surface area (Å²) >= 11 is 1.68. The van der Waals surface area contributed by atoms with Crippen molar-refractivity contribution >= 4 is 29.2 Å². The largest absolute Gasteiger partial charge is 0.355 e. The first-order valence-corrected chi connectivity index (χ1v) is 11.7. The van der Waals surface area contributed by atoms with Gasteiger partial charge in [0.05, 0.1) is 10.7 Å². The molecule has 1 aliphatic carbocycles. The van der Waals surface area contributed by atoms with Crippen molar-refractivity contribution in [3.8, 4) is 0 Å². The van der Waals surface area contributed by atoms with Gasteiger partial charge in [0.2, 0.25) is 11.8 Å². The van der Waals surface area contributed by atoms with Crippen molar-refractivity contribution in [3.05, 3.63) is 57.6 Å². The molecular weight excluding hydrogens is 394 g/mol. The number of rotatable bonds is 7. The highest BCUT2D eigenvalue weighted by Gasteiger charge is 2.29. The molecule has 2 heterocycles. The molecule has 2 fully saturated rings. The quantitative estimate of drug-likeness (QED) is 0.686. The first-order chi connectivity index (χ1) is 14.6. The smallest absolute Gasteiger partial charge is 0.246 e. The van der Waals surface area contributed by atoms with Crippen LogP contribution < -0.4 is 5.32 Å². The normalized spacial score (nSPS) is 19.2. The van der Waals surface area contributed by atoms with E-state index in [-0.39, 0.29) is 17.7 Å². The van der Waals surface area contributed by atoms with E-state index >= 15 is 0 Å². The zero-order valence-electron chi connectivity index (χ0n) is 17.5. The third-order valence-corrected chi connectivity index (χ3v) is 6.83. The standard InChI is InChI=1S/C24H29N3O2S/c1-17-4-6-18(7-5-17)8-11-22(28)27-14-2-3-20(15-27)24-26-21(16-30-24)12-13-25-23(29)19-9-10-19/h4-8,11,16,19-20H,2-3,9-10,12-15H2,1H3,(H,25,29)/b11-8+/t20-/m1/s1. The molecule has 1 aromatic heterocycles. The van der Waals surface area contributed by atoms with Gasteiger partial charge < -0.3 is 10.2 Å². The van der Waals surface area contributed by atoms with E-state index in [1.165, 1.54) is 5.56 Å². The number of benzene rings is 1. The van der Waals surface area contributed by atoms with E-state index in [1.807, 2.05) is 23.1 Å². The predicted octanol–water partition coefficient (Wildman–Crippen LogP) is 3.94. The lowest BCUT2D eigenvalue weighted by Crippen LogP contribution is -2.38. The molecule has 1 N–H and O–H groups in total. The number of carbonyl (C=O) groups is 2. The van der Waals surface area contributed by atoms with Crippen LogP contribution in [0.15, 0.2) is 35.7 Å². The van der Waals surface area contributed by atoms with Gasteiger partial charge in [0, 0.05) is 49.3 Å². The van der Waals surface area contributed by atoms with E-state index in [9.17, 15) is 9.59 Å². The summed E-state index contributed by atoms with van der Waals surface area (Å²) in [5.74, 6) is 0.808. The summed E-state index contributed by atoms with van der Waals surface area (Å²) in [6, 6.07) is 8.17. The number of hydrogen-bond donors (Lipinski definition) is 1. The van der Waals surface area contributed by atoms with Gasteiger partial charge in [-0.05, 0) is 44.2 Å². The molecule has 0 radical (unpaired) electrons. The van der Waals surface area contributed by atoms with Crippen LogP contribution in [0.3, 0.4) is 0 Å². The second kappa shape index (κ2) is 9.56. The minimum Gasteiger partial charge on any atom is -0.355 e. The molecule has 5 nitrogen and oxygen atoms in total. The zero-order chi connectivity index (χ0) is 20.9. The minimum absolute atomic E-state index is 0.0693. The SMILES string of the molecule is Cc1ccc(/C=C/C(=O)N2CCC[C@@H](c3nc(CCNC(=O)C4CC4)cs3)C2)cc1. The fourth-order valence-electron chi connectivity index (χ4n) is 3.76. The molecule has 1 aromatic carbocycles. The van der Waals surface area contributed by atoms with Crippen LogP contribution in [0.2, 0.25) is 0 Å². The number of nitrogens with zero attached hydrogens (tertiary/aromatic N) is 2. The summed E-state index contributed by atoms with van der Waals surface area (Å²) in [4.78, 5) is 31.1. The Bertz CT molecular complexity index is 915. The summed E-state index contributed by atoms with van der Waals surface area (Å²) in [5, 5.41) is 6.20. The number of aromatic nitrogens is 1. The number of thiazole rings is 1. The Balaban J connectivity index is 1.28. The van der Waals surface area contributed by atoms with Gasteiger partial charge >= 0.3 is 0 Å². The predicted molar refractivity (Wildman–Crippen MR) is 120 cm³/mol. The molecule has 0 bridgehead atoms. The second-order valence-corrected chi connectivity index (χ2v) is 9.25. The van der Waals surface area contributed by atoms with Crippen molar-refractivity contribution in [2.75, 3.05) is 19.6 Å². The summed E-state index contributed by atoms with van der Waals surface area (Å²) < 4.78 is 0. The van der Waals surface area contributed by atoms with Gasteiger partial charge in [-0.2, -0.15) is 0 Å². The molecule has 30 heavy (non-hydrogen) atoms. The third kappa shape index (κ3) is 5.57. The Kier molecular flexibility index (Phi) is 6.62. The van der Waals surface area contributed by atoms with Gasteiger partial charge in [-0.3, -0.25) is 9.59 Å². The molecule has 2 aliphatic rings. The maximum atomic E-state index is 12.7. The molecule has 2 amide bonds. The molecule has 6 heteroatoms. The minimum atomic E-state index is 0.0693. The van der Waals surface area contributed by atoms with Crippen molar-refractivity contribution in [2.45, 2.75) is 44.9 Å². The molecule has 1 saturated carbocycles. The number of aryl methyl sites for hydroxylation is 1. The average molecular weight is 424 g/mol. The van der Waals surface area contributed by atoms with Gasteiger partial charge in [-0.1, -0.05) is 29.8 Å². The summed E-state index contributed by atoms with van der Waals surface area (Å²) in [6.07, 6.45) is 8.47. The first kappa shape index (κ1) is 20.8. The van der Waals surface area contributed by atoms with E-state index in [1.54, 1.807) is 17.4 Å². The first-order valence-electron chi connectivity index (χ1n) is 10.8. The molecule has 1 saturated heterocycles. The third-order valence-electron chi connectivity index (χ3n) is 5.78. The summed E-state index contributed by atoms with van der Waals surface area (Å²) in [7, 11) is 0. The van der Waals surface area contributed by atoms with Crippen LogP contribution in [0.4, 0.5) is 0 Å². The Morgan fingerprint density at radius 1 is 1.23 bits per heavy atom. The molecule has 0 unspecified atom stereocenters. The highest BCUT2D eigenvalue weighted by molar-refractivity contribution is 7.09. The van der Waals surface area contributed by atoms with E-state index in [2.05, 4.69) is 29.8 Å². The van der Waals surface area contributed by atoms with Gasteiger partial charge in [-0.15, -0.1) is 11.3 Å². The van der Waals surface area contributed by atoms with E-state index in [0.29, 0.717) is 12.5 Å². The topological polar surface area (TPSA) is 62.3 Å². The zero-order valence-corrected chi connectivity index (χ0v) is 18.3. The molecule has 4 rings (SSSR count). The molecule has 1 atom stereocenters. The Hall–Kier alpha value is -2.47. The van der Waals surface area contributed by atoms with Crippen molar-refractivity contribution < 1.29 is 9.59 Å². The number of amides is 2. The summed E-state index contributed by atoms with van der Waals surface area (Å²) in [5.41, 5.74) is 3.29. The van der Waals surface area contributed by atoms with Crippen molar-refractivity contribution in [1.29, 1.82) is 0 Å². The van der Waals surface area contributed by atoms with Crippen LogP contribution in [-0.4, -0.2) is 41.3 Å². The van der Waals surface area contributed by atoms with Crippen LogP contribution in [-0.2, 0) is 16.0 Å². The van der Waals surface area contributed by atoms with Gasteiger partial charge in [0.25, 0.3) is 0 Å². The fourth-order valence-corrected chi connectivity index (χ4v) is 4.74. The monoisotopic (exact) mass is 423 g/mol. The highest BCUT2D eigenvalue weighted by Crippen LogP contribution is 2.30. The van der Waals surface area contributed by atoms with Gasteiger partial charge in [0.1, 0.15) is 0 Å². The molecule has 158 valence electrons. The number of nitrogens with one attached hydrogen (secondary N) is 1. The Labute approximate surface area is 182 Å². The number of hydrogen-bond acceptors (Lipinski definition) is 4. The number of carbonyl (C=O) groups excluding carboxylic acids is 2. The van der Waals surface area contributed by atoms with Crippen molar-refractivity contribution in [3.63, 3.8) is 0 Å². The Morgan fingerprint density at radius 2 is 2.03 bits per heavy atom. The van der Waals surface area contributed by atoms with Gasteiger partial charge in [-0.25, -0.2) is 4.98 Å². The second-order valence-electron chi connectivity index (χ2n) is 8.36. The van der Waals surface area contributed by atoms with Gasteiger partial charge in [0.15, 0.2) is 0 Å². The van der Waals surface area contributed by atoms with E-state index in [0.717, 1.165) is 61.5 Å². The van der Waals surface area contributed by atoms with Crippen LogP contribution in [0, 0.1) is 12.8 Å². The molecule has 1 aliphatic heterocycles. The van der Waals surface area contributed by atoms with Crippen molar-refractivity contribution in [1.82, 2.24) is 15.2 Å². The molecule has 2 aromatic rings. The van der Waals surface area contributed by atoms with Crippen molar-refractivity contribution in [2.24, 2.45) is 5.92 Å². The summed E-state index contributed by atoms with van der Waals surface area (Å²) in [6.45, 7) is 4.24. The highest BCUT2D eigenvalue weighted by atomic mass is 32.1. The van der Waals surface area contributed by atoms with Crippen LogP contribution in [0.5, 0.6) is 0 Å². The molecule has 0 spiro atoms.